The smallest absolute Gasteiger partial charge is 0.408 e. The van der Waals surface area contributed by atoms with E-state index in [1.807, 2.05) is 76.2 Å². The standard InChI is InChI=1S/C29H41N3O5/c1-19(2)30-26(34)25(24-20(3)12-11-13-21(24)4)32(16-17-33)27(35)23(18-22-14-9-8-10-15-22)31-28(36)37-29(5,6)7/h8-15,19,23,25,33H,16-18H2,1-7H3,(H,30,34)(H,31,36). The maximum Gasteiger partial charge on any atom is 0.408 e. The van der Waals surface area contributed by atoms with E-state index in [4.69, 9.17) is 4.74 Å². The van der Waals surface area contributed by atoms with E-state index >= 15 is 0 Å². The number of amides is 3. The summed E-state index contributed by atoms with van der Waals surface area (Å²) in [5.74, 6) is -0.847. The number of aliphatic hydroxyl groups is 1. The first kappa shape index (κ1) is 29.8. The Hall–Kier alpha value is -3.39. The minimum Gasteiger partial charge on any atom is -0.444 e. The summed E-state index contributed by atoms with van der Waals surface area (Å²) in [6.07, 6.45) is -0.549. The first-order chi connectivity index (χ1) is 17.3. The number of hydrogen-bond acceptors (Lipinski definition) is 5. The van der Waals surface area contributed by atoms with Crippen LogP contribution >= 0.6 is 0 Å². The number of carbonyl (C=O) groups excluding carboxylic acids is 3. The van der Waals surface area contributed by atoms with Crippen LogP contribution in [0, 0.1) is 13.8 Å². The van der Waals surface area contributed by atoms with Crippen molar-refractivity contribution in [2.45, 2.75) is 78.6 Å². The Morgan fingerprint density at radius 1 is 0.946 bits per heavy atom. The van der Waals surface area contributed by atoms with Gasteiger partial charge in [-0.2, -0.15) is 0 Å². The zero-order chi connectivity index (χ0) is 27.8. The minimum absolute atomic E-state index is 0.0932. The molecule has 0 aromatic heterocycles. The van der Waals surface area contributed by atoms with Gasteiger partial charge < -0.3 is 25.4 Å². The van der Waals surface area contributed by atoms with Crippen LogP contribution in [0.2, 0.25) is 0 Å². The Labute approximate surface area is 220 Å². The van der Waals surface area contributed by atoms with E-state index < -0.39 is 29.7 Å². The fourth-order valence-electron chi connectivity index (χ4n) is 4.22. The lowest BCUT2D eigenvalue weighted by Crippen LogP contribution is -2.55. The van der Waals surface area contributed by atoms with E-state index in [0.717, 1.165) is 16.7 Å². The summed E-state index contributed by atoms with van der Waals surface area (Å²) in [5, 5.41) is 15.6. The van der Waals surface area contributed by atoms with Gasteiger partial charge >= 0.3 is 6.09 Å². The van der Waals surface area contributed by atoms with Crippen LogP contribution in [0.3, 0.4) is 0 Å². The maximum absolute atomic E-state index is 14.1. The third kappa shape index (κ3) is 8.89. The summed E-state index contributed by atoms with van der Waals surface area (Å²) >= 11 is 0. The molecule has 3 N–H and O–H groups in total. The van der Waals surface area contributed by atoms with Crippen molar-refractivity contribution in [3.05, 3.63) is 70.8 Å². The quantitative estimate of drug-likeness (QED) is 0.449. The third-order valence-corrected chi connectivity index (χ3v) is 5.70. The molecule has 37 heavy (non-hydrogen) atoms. The molecule has 0 aliphatic carbocycles. The normalized spacial score (nSPS) is 13.0. The first-order valence-corrected chi connectivity index (χ1v) is 12.6. The molecule has 8 nitrogen and oxygen atoms in total. The van der Waals surface area contributed by atoms with E-state index in [1.165, 1.54) is 4.90 Å². The van der Waals surface area contributed by atoms with Crippen LogP contribution in [0.5, 0.6) is 0 Å². The first-order valence-electron chi connectivity index (χ1n) is 12.6. The average molecular weight is 512 g/mol. The van der Waals surface area contributed by atoms with Crippen molar-refractivity contribution >= 4 is 17.9 Å². The molecular formula is C29H41N3O5. The molecule has 0 spiro atoms. The maximum atomic E-state index is 14.1. The van der Waals surface area contributed by atoms with Crippen molar-refractivity contribution in [3.8, 4) is 0 Å². The monoisotopic (exact) mass is 511 g/mol. The number of nitrogens with one attached hydrogen (secondary N) is 2. The predicted octanol–water partition coefficient (Wildman–Crippen LogP) is 3.83. The fourth-order valence-corrected chi connectivity index (χ4v) is 4.22. The Kier molecular flexibility index (Phi) is 10.7. The summed E-state index contributed by atoms with van der Waals surface area (Å²) in [5.41, 5.74) is 2.46. The van der Waals surface area contributed by atoms with E-state index in [2.05, 4.69) is 10.6 Å². The van der Waals surface area contributed by atoms with Gasteiger partial charge in [-0.15, -0.1) is 0 Å². The molecule has 0 radical (unpaired) electrons. The highest BCUT2D eigenvalue weighted by Crippen LogP contribution is 2.29. The van der Waals surface area contributed by atoms with Gasteiger partial charge in [0.25, 0.3) is 0 Å². The van der Waals surface area contributed by atoms with Gasteiger partial charge in [0.1, 0.15) is 17.7 Å². The van der Waals surface area contributed by atoms with Gasteiger partial charge in [0.05, 0.1) is 6.61 Å². The number of ether oxygens (including phenoxy) is 1. The molecule has 2 atom stereocenters. The molecular weight excluding hydrogens is 470 g/mol. The van der Waals surface area contributed by atoms with Crippen molar-refractivity contribution < 1.29 is 24.2 Å². The van der Waals surface area contributed by atoms with Crippen LogP contribution in [0.15, 0.2) is 48.5 Å². The van der Waals surface area contributed by atoms with Gasteiger partial charge in [-0.1, -0.05) is 48.5 Å². The Morgan fingerprint density at radius 2 is 1.54 bits per heavy atom. The lowest BCUT2D eigenvalue weighted by Gasteiger charge is -2.35. The number of nitrogens with zero attached hydrogens (tertiary/aromatic N) is 1. The van der Waals surface area contributed by atoms with E-state index in [1.54, 1.807) is 20.8 Å². The number of aryl methyl sites for hydroxylation is 2. The molecule has 0 heterocycles. The van der Waals surface area contributed by atoms with Gasteiger partial charge in [0, 0.05) is 19.0 Å². The molecule has 2 unspecified atom stereocenters. The number of hydrogen-bond donors (Lipinski definition) is 3. The van der Waals surface area contributed by atoms with Crippen LogP contribution in [0.4, 0.5) is 4.79 Å². The summed E-state index contributed by atoms with van der Waals surface area (Å²) in [6, 6.07) is 12.8. The lowest BCUT2D eigenvalue weighted by molar-refractivity contribution is -0.143. The summed E-state index contributed by atoms with van der Waals surface area (Å²) in [7, 11) is 0. The Bertz CT molecular complexity index is 1040. The summed E-state index contributed by atoms with van der Waals surface area (Å²) in [4.78, 5) is 41.8. The van der Waals surface area contributed by atoms with Crippen LogP contribution in [0.25, 0.3) is 0 Å². The van der Waals surface area contributed by atoms with Gasteiger partial charge in [-0.25, -0.2) is 4.79 Å². The third-order valence-electron chi connectivity index (χ3n) is 5.70. The minimum atomic E-state index is -1.03. The molecule has 2 aromatic carbocycles. The van der Waals surface area contributed by atoms with Crippen molar-refractivity contribution in [3.63, 3.8) is 0 Å². The molecule has 0 aliphatic heterocycles. The van der Waals surface area contributed by atoms with Crippen LogP contribution in [-0.2, 0) is 20.7 Å². The molecule has 3 amide bonds. The van der Waals surface area contributed by atoms with E-state index in [-0.39, 0.29) is 31.5 Å². The second-order valence-corrected chi connectivity index (χ2v) is 10.5. The van der Waals surface area contributed by atoms with Gasteiger partial charge in [0.2, 0.25) is 11.8 Å². The number of rotatable bonds is 10. The molecule has 2 rings (SSSR count). The Balaban J connectivity index is 2.57. The lowest BCUT2D eigenvalue weighted by atomic mass is 9.93. The van der Waals surface area contributed by atoms with E-state index in [9.17, 15) is 19.5 Å². The predicted molar refractivity (Wildman–Crippen MR) is 144 cm³/mol. The summed E-state index contributed by atoms with van der Waals surface area (Å²) in [6.45, 7) is 12.3. The molecule has 0 saturated carbocycles. The van der Waals surface area contributed by atoms with Crippen LogP contribution in [0.1, 0.15) is 62.9 Å². The molecule has 0 fully saturated rings. The van der Waals surface area contributed by atoms with Crippen LogP contribution < -0.4 is 10.6 Å². The van der Waals surface area contributed by atoms with Gasteiger partial charge in [-0.05, 0) is 70.7 Å². The number of alkyl carbamates (subject to hydrolysis) is 1. The molecule has 0 bridgehead atoms. The van der Waals surface area contributed by atoms with Crippen molar-refractivity contribution in [2.24, 2.45) is 0 Å². The molecule has 0 saturated heterocycles. The van der Waals surface area contributed by atoms with Crippen LogP contribution in [-0.4, -0.2) is 58.8 Å². The Morgan fingerprint density at radius 3 is 2.05 bits per heavy atom. The number of benzene rings is 2. The topological polar surface area (TPSA) is 108 Å². The van der Waals surface area contributed by atoms with Crippen molar-refractivity contribution in [2.75, 3.05) is 13.2 Å². The second-order valence-electron chi connectivity index (χ2n) is 10.5. The fraction of sp³-hybridized carbons (Fsp3) is 0.483. The number of carbonyl (C=O) groups is 3. The zero-order valence-corrected chi connectivity index (χ0v) is 23.0. The molecule has 8 heteroatoms. The molecule has 202 valence electrons. The largest absolute Gasteiger partial charge is 0.444 e. The molecule has 0 aliphatic rings. The number of aliphatic hydroxyl groups excluding tert-OH is 1. The van der Waals surface area contributed by atoms with E-state index in [0.29, 0.717) is 5.56 Å². The average Bonchev–Trinajstić information content (AvgIpc) is 2.78. The zero-order valence-electron chi connectivity index (χ0n) is 23.0. The van der Waals surface area contributed by atoms with Gasteiger partial charge in [0.15, 0.2) is 0 Å². The van der Waals surface area contributed by atoms with Gasteiger partial charge in [-0.3, -0.25) is 9.59 Å². The highest BCUT2D eigenvalue weighted by molar-refractivity contribution is 5.92. The van der Waals surface area contributed by atoms with Crippen molar-refractivity contribution in [1.29, 1.82) is 0 Å². The SMILES string of the molecule is Cc1cccc(C)c1C(C(=O)NC(C)C)N(CCO)C(=O)C(Cc1ccccc1)NC(=O)OC(C)(C)C. The summed E-state index contributed by atoms with van der Waals surface area (Å²) < 4.78 is 5.43. The van der Waals surface area contributed by atoms with Crippen molar-refractivity contribution in [1.82, 2.24) is 15.5 Å². The second kappa shape index (κ2) is 13.2. The highest BCUT2D eigenvalue weighted by Gasteiger charge is 2.37. The highest BCUT2D eigenvalue weighted by atomic mass is 16.6. The molecule has 2 aromatic rings.